The van der Waals surface area contributed by atoms with Crippen LogP contribution in [0, 0.1) is 0 Å². The van der Waals surface area contributed by atoms with Crippen LogP contribution in [0.2, 0.25) is 0 Å². The van der Waals surface area contributed by atoms with Crippen molar-refractivity contribution in [1.29, 1.82) is 0 Å². The van der Waals surface area contributed by atoms with Crippen LogP contribution in [0.3, 0.4) is 0 Å². The summed E-state index contributed by atoms with van der Waals surface area (Å²) in [5.41, 5.74) is 14.1. The number of hydrogen-bond donors (Lipinski definition) is 0. The van der Waals surface area contributed by atoms with Crippen molar-refractivity contribution in [2.75, 3.05) is 0 Å². The number of hydrogen-bond acceptors (Lipinski definition) is 0. The van der Waals surface area contributed by atoms with Crippen molar-refractivity contribution >= 4 is 21.8 Å². The lowest BCUT2D eigenvalue weighted by Crippen LogP contribution is -2.15. The van der Waals surface area contributed by atoms with E-state index in [1.807, 2.05) is 0 Å². The lowest BCUT2D eigenvalue weighted by Gasteiger charge is -2.22. The van der Waals surface area contributed by atoms with Crippen LogP contribution in [0.4, 0.5) is 0 Å². The van der Waals surface area contributed by atoms with Crippen LogP contribution >= 0.6 is 0 Å². The smallest absolute Gasteiger partial charge is 0.0541 e. The summed E-state index contributed by atoms with van der Waals surface area (Å²) in [6.45, 7) is 4.73. The minimum Gasteiger partial charge on any atom is -0.309 e. The third-order valence-corrected chi connectivity index (χ3v) is 8.80. The second-order valence-electron chi connectivity index (χ2n) is 11.4. The Morgan fingerprint density at radius 1 is 0.425 bits per heavy atom. The normalized spacial score (nSPS) is 13.4. The topological polar surface area (TPSA) is 4.93 Å². The maximum absolute atomic E-state index is 2.42. The van der Waals surface area contributed by atoms with Crippen LogP contribution < -0.4 is 0 Å². The van der Waals surface area contributed by atoms with Crippen LogP contribution in [0.15, 0.2) is 140 Å². The Morgan fingerprint density at radius 3 is 1.55 bits per heavy atom. The Kier molecular flexibility index (Phi) is 4.93. The molecule has 1 aliphatic carbocycles. The van der Waals surface area contributed by atoms with Crippen molar-refractivity contribution < 1.29 is 0 Å². The molecule has 0 N–H and O–H groups in total. The van der Waals surface area contributed by atoms with E-state index in [0.29, 0.717) is 0 Å². The molecule has 40 heavy (non-hydrogen) atoms. The quantitative estimate of drug-likeness (QED) is 0.222. The summed E-state index contributed by atoms with van der Waals surface area (Å²) in [6.07, 6.45) is 0. The number of para-hydroxylation sites is 2. The average molecular weight is 512 g/mol. The molecule has 0 saturated heterocycles. The van der Waals surface area contributed by atoms with Crippen LogP contribution in [0.5, 0.6) is 0 Å². The fourth-order valence-corrected chi connectivity index (χ4v) is 6.75. The molecular weight excluding hydrogens is 482 g/mol. The van der Waals surface area contributed by atoms with E-state index in [1.165, 1.54) is 72.0 Å². The summed E-state index contributed by atoms with van der Waals surface area (Å²) in [4.78, 5) is 0. The maximum Gasteiger partial charge on any atom is 0.0541 e. The van der Waals surface area contributed by atoms with Gasteiger partial charge in [0.1, 0.15) is 0 Å². The molecule has 1 aromatic heterocycles. The first-order valence-corrected chi connectivity index (χ1v) is 14.0. The van der Waals surface area contributed by atoms with E-state index < -0.39 is 0 Å². The van der Waals surface area contributed by atoms with Crippen LogP contribution in [-0.2, 0) is 5.41 Å². The third-order valence-electron chi connectivity index (χ3n) is 8.80. The first-order chi connectivity index (χ1) is 19.6. The molecule has 1 heteroatoms. The molecule has 8 rings (SSSR count). The monoisotopic (exact) mass is 511 g/mol. The zero-order chi connectivity index (χ0) is 26.8. The van der Waals surface area contributed by atoms with Crippen molar-refractivity contribution in [2.24, 2.45) is 0 Å². The van der Waals surface area contributed by atoms with E-state index in [-0.39, 0.29) is 5.41 Å². The van der Waals surface area contributed by atoms with E-state index in [0.717, 1.165) is 0 Å². The first-order valence-electron chi connectivity index (χ1n) is 14.0. The number of aromatic nitrogens is 1. The Labute approximate surface area is 235 Å². The minimum atomic E-state index is -0.0735. The maximum atomic E-state index is 2.42. The van der Waals surface area contributed by atoms with Gasteiger partial charge in [0.2, 0.25) is 0 Å². The molecule has 0 atom stereocenters. The Bertz CT molecular complexity index is 2020. The standard InChI is InChI=1S/C39H29N/c1-39(2)35-24-28(26-11-4-3-5-12-26)19-21-31(35)32-22-20-29(25-36(32)39)27-13-10-14-30(23-27)40-37-17-8-6-15-33(37)34-16-7-9-18-38(34)40/h3-25H,1-2H3. The van der Waals surface area contributed by atoms with Gasteiger partial charge in [-0.05, 0) is 80.9 Å². The average Bonchev–Trinajstić information content (AvgIpc) is 3.46. The number of benzene rings is 6. The third kappa shape index (κ3) is 3.34. The highest BCUT2D eigenvalue weighted by molar-refractivity contribution is 6.09. The minimum absolute atomic E-state index is 0.0735. The molecule has 1 heterocycles. The van der Waals surface area contributed by atoms with Crippen molar-refractivity contribution in [3.63, 3.8) is 0 Å². The molecule has 0 spiro atoms. The molecule has 0 unspecified atom stereocenters. The molecule has 0 radical (unpaired) electrons. The van der Waals surface area contributed by atoms with E-state index in [2.05, 4.69) is 158 Å². The number of rotatable bonds is 3. The van der Waals surface area contributed by atoms with Crippen molar-refractivity contribution in [3.8, 4) is 39.1 Å². The molecule has 1 aliphatic rings. The summed E-state index contributed by atoms with van der Waals surface area (Å²) in [5, 5.41) is 2.57. The highest BCUT2D eigenvalue weighted by Gasteiger charge is 2.35. The second kappa shape index (κ2) is 8.56. The molecular formula is C39H29N. The van der Waals surface area contributed by atoms with Crippen LogP contribution in [0.25, 0.3) is 60.9 Å². The Morgan fingerprint density at radius 2 is 0.925 bits per heavy atom. The van der Waals surface area contributed by atoms with Gasteiger partial charge in [-0.1, -0.05) is 117 Å². The van der Waals surface area contributed by atoms with Crippen LogP contribution in [-0.4, -0.2) is 4.57 Å². The number of nitrogens with zero attached hydrogens (tertiary/aromatic N) is 1. The number of fused-ring (bicyclic) bond motifs is 6. The highest BCUT2D eigenvalue weighted by atomic mass is 15.0. The summed E-state index contributed by atoms with van der Waals surface area (Å²) >= 11 is 0. The predicted molar refractivity (Wildman–Crippen MR) is 169 cm³/mol. The van der Waals surface area contributed by atoms with Gasteiger partial charge in [0, 0.05) is 21.9 Å². The van der Waals surface area contributed by atoms with Gasteiger partial charge in [-0.3, -0.25) is 0 Å². The fourth-order valence-electron chi connectivity index (χ4n) is 6.75. The first kappa shape index (κ1) is 23.0. The molecule has 7 aromatic rings. The molecule has 1 nitrogen and oxygen atoms in total. The highest BCUT2D eigenvalue weighted by Crippen LogP contribution is 2.50. The van der Waals surface area contributed by atoms with E-state index in [9.17, 15) is 0 Å². The molecule has 0 amide bonds. The molecule has 0 fully saturated rings. The van der Waals surface area contributed by atoms with E-state index >= 15 is 0 Å². The predicted octanol–water partition coefficient (Wildman–Crippen LogP) is 10.4. The van der Waals surface area contributed by atoms with E-state index in [1.54, 1.807) is 0 Å². The van der Waals surface area contributed by atoms with Gasteiger partial charge < -0.3 is 4.57 Å². The van der Waals surface area contributed by atoms with Crippen molar-refractivity contribution in [3.05, 3.63) is 151 Å². The zero-order valence-corrected chi connectivity index (χ0v) is 22.7. The SMILES string of the molecule is CC1(C)c2cc(-c3ccccc3)ccc2-c2ccc(-c3cccc(-n4c5ccccc5c5ccccc54)c3)cc21. The lowest BCUT2D eigenvalue weighted by molar-refractivity contribution is 0.661. The Balaban J connectivity index is 1.24. The molecule has 190 valence electrons. The van der Waals surface area contributed by atoms with Gasteiger partial charge in [-0.25, -0.2) is 0 Å². The van der Waals surface area contributed by atoms with Gasteiger partial charge >= 0.3 is 0 Å². The van der Waals surface area contributed by atoms with Gasteiger partial charge in [-0.15, -0.1) is 0 Å². The van der Waals surface area contributed by atoms with Gasteiger partial charge in [0.15, 0.2) is 0 Å². The van der Waals surface area contributed by atoms with Crippen LogP contribution in [0.1, 0.15) is 25.0 Å². The molecule has 0 saturated carbocycles. The molecule has 6 aromatic carbocycles. The molecule has 0 bridgehead atoms. The summed E-state index contributed by atoms with van der Waals surface area (Å²) in [7, 11) is 0. The largest absolute Gasteiger partial charge is 0.309 e. The molecule has 0 aliphatic heterocycles. The summed E-state index contributed by atoms with van der Waals surface area (Å²) in [6, 6.07) is 51.1. The zero-order valence-electron chi connectivity index (χ0n) is 22.7. The second-order valence-corrected chi connectivity index (χ2v) is 11.4. The van der Waals surface area contributed by atoms with E-state index in [4.69, 9.17) is 0 Å². The summed E-state index contributed by atoms with van der Waals surface area (Å²) < 4.78 is 2.40. The van der Waals surface area contributed by atoms with Gasteiger partial charge in [0.05, 0.1) is 11.0 Å². The van der Waals surface area contributed by atoms with Gasteiger partial charge in [0.25, 0.3) is 0 Å². The van der Waals surface area contributed by atoms with Gasteiger partial charge in [-0.2, -0.15) is 0 Å². The Hall–Kier alpha value is -4.88. The fraction of sp³-hybridized carbons (Fsp3) is 0.0769. The van der Waals surface area contributed by atoms with Crippen molar-refractivity contribution in [1.82, 2.24) is 4.57 Å². The summed E-state index contributed by atoms with van der Waals surface area (Å²) in [5.74, 6) is 0. The van der Waals surface area contributed by atoms with Crippen molar-refractivity contribution in [2.45, 2.75) is 19.3 Å². The lowest BCUT2D eigenvalue weighted by atomic mass is 9.81.